The zero-order valence-corrected chi connectivity index (χ0v) is 11.0. The standard InChI is InChI=1S/C13H14N2O5/c1-2-20-13(17)8-14-11-7-10(15(18)19)5-3-9(11)4-6-12(14)16/h3,5,7H,2,4,6,8H2,1H3. The van der Waals surface area contributed by atoms with Crippen LogP contribution in [0.1, 0.15) is 18.9 Å². The summed E-state index contributed by atoms with van der Waals surface area (Å²) in [6, 6.07) is 4.35. The van der Waals surface area contributed by atoms with E-state index >= 15 is 0 Å². The van der Waals surface area contributed by atoms with Crippen LogP contribution in [0.25, 0.3) is 0 Å². The van der Waals surface area contributed by atoms with Gasteiger partial charge in [-0.25, -0.2) is 0 Å². The smallest absolute Gasteiger partial charge is 0.326 e. The fourth-order valence-corrected chi connectivity index (χ4v) is 2.15. The third-order valence-corrected chi connectivity index (χ3v) is 3.07. The third kappa shape index (κ3) is 2.76. The monoisotopic (exact) mass is 278 g/mol. The van der Waals surface area contributed by atoms with E-state index in [1.54, 1.807) is 13.0 Å². The minimum absolute atomic E-state index is 0.104. The molecule has 0 spiro atoms. The molecule has 0 aromatic heterocycles. The Labute approximate surface area is 115 Å². The number of anilines is 1. The van der Waals surface area contributed by atoms with E-state index in [2.05, 4.69) is 0 Å². The molecule has 0 saturated heterocycles. The lowest BCUT2D eigenvalue weighted by Gasteiger charge is -2.28. The van der Waals surface area contributed by atoms with Crippen molar-refractivity contribution in [2.45, 2.75) is 19.8 Å². The van der Waals surface area contributed by atoms with Crippen LogP contribution in [0.5, 0.6) is 0 Å². The normalized spacial score (nSPS) is 13.8. The molecule has 0 unspecified atom stereocenters. The summed E-state index contributed by atoms with van der Waals surface area (Å²) >= 11 is 0. The number of aryl methyl sites for hydroxylation is 1. The average molecular weight is 278 g/mol. The largest absolute Gasteiger partial charge is 0.465 e. The van der Waals surface area contributed by atoms with E-state index in [1.165, 1.54) is 17.0 Å². The molecule has 1 aliphatic heterocycles. The number of ether oxygens (including phenoxy) is 1. The first-order valence-corrected chi connectivity index (χ1v) is 6.26. The molecule has 0 N–H and O–H groups in total. The number of nitro groups is 1. The van der Waals surface area contributed by atoms with Gasteiger partial charge in [-0.05, 0) is 18.9 Å². The number of hydrogen-bond donors (Lipinski definition) is 0. The second-order valence-electron chi connectivity index (χ2n) is 4.36. The van der Waals surface area contributed by atoms with Gasteiger partial charge in [-0.1, -0.05) is 6.07 Å². The number of benzene rings is 1. The van der Waals surface area contributed by atoms with Crippen LogP contribution in [0.3, 0.4) is 0 Å². The predicted octanol–water partition coefficient (Wildman–Crippen LogP) is 1.44. The fraction of sp³-hybridized carbons (Fsp3) is 0.385. The van der Waals surface area contributed by atoms with E-state index in [0.717, 1.165) is 5.56 Å². The molecular weight excluding hydrogens is 264 g/mol. The van der Waals surface area contributed by atoms with Crippen LogP contribution < -0.4 is 4.90 Å². The molecule has 0 aliphatic carbocycles. The van der Waals surface area contributed by atoms with Gasteiger partial charge in [-0.3, -0.25) is 19.7 Å². The lowest BCUT2D eigenvalue weighted by Crippen LogP contribution is -2.39. The van der Waals surface area contributed by atoms with Crippen LogP contribution >= 0.6 is 0 Å². The summed E-state index contributed by atoms with van der Waals surface area (Å²) in [5, 5.41) is 10.8. The van der Waals surface area contributed by atoms with Crippen molar-refractivity contribution in [3.8, 4) is 0 Å². The number of esters is 1. The second kappa shape index (κ2) is 5.68. The van der Waals surface area contributed by atoms with Crippen LogP contribution in [0.4, 0.5) is 11.4 Å². The molecule has 20 heavy (non-hydrogen) atoms. The van der Waals surface area contributed by atoms with Gasteiger partial charge in [0.25, 0.3) is 5.69 Å². The first-order valence-electron chi connectivity index (χ1n) is 6.26. The van der Waals surface area contributed by atoms with E-state index in [9.17, 15) is 19.7 Å². The predicted molar refractivity (Wildman–Crippen MR) is 70.4 cm³/mol. The number of nitro benzene ring substituents is 1. The summed E-state index contributed by atoms with van der Waals surface area (Å²) in [6.45, 7) is 1.68. The Hall–Kier alpha value is -2.44. The highest BCUT2D eigenvalue weighted by atomic mass is 16.6. The van der Waals surface area contributed by atoms with Crippen molar-refractivity contribution in [3.05, 3.63) is 33.9 Å². The van der Waals surface area contributed by atoms with Crippen LogP contribution in [0, 0.1) is 10.1 Å². The number of fused-ring (bicyclic) bond motifs is 1. The molecule has 7 nitrogen and oxygen atoms in total. The Morgan fingerprint density at radius 2 is 2.20 bits per heavy atom. The number of amides is 1. The molecular formula is C13H14N2O5. The minimum atomic E-state index is -0.528. The molecule has 1 aromatic rings. The Morgan fingerprint density at radius 1 is 1.45 bits per heavy atom. The summed E-state index contributed by atoms with van der Waals surface area (Å²) in [5.41, 5.74) is 1.13. The lowest BCUT2D eigenvalue weighted by atomic mass is 10.0. The van der Waals surface area contributed by atoms with Gasteiger partial charge in [0.15, 0.2) is 0 Å². The minimum Gasteiger partial charge on any atom is -0.465 e. The van der Waals surface area contributed by atoms with Gasteiger partial charge in [0.05, 0.1) is 17.2 Å². The molecule has 106 valence electrons. The zero-order chi connectivity index (χ0) is 14.7. The van der Waals surface area contributed by atoms with Gasteiger partial charge in [-0.2, -0.15) is 0 Å². The quantitative estimate of drug-likeness (QED) is 0.472. The van der Waals surface area contributed by atoms with Crippen LogP contribution in [-0.2, 0) is 20.7 Å². The molecule has 1 aromatic carbocycles. The van der Waals surface area contributed by atoms with Crippen molar-refractivity contribution in [1.29, 1.82) is 0 Å². The number of carbonyl (C=O) groups is 2. The van der Waals surface area contributed by atoms with Gasteiger partial charge in [-0.15, -0.1) is 0 Å². The summed E-state index contributed by atoms with van der Waals surface area (Å²) in [7, 11) is 0. The molecule has 0 radical (unpaired) electrons. The number of carbonyl (C=O) groups excluding carboxylic acids is 2. The average Bonchev–Trinajstić information content (AvgIpc) is 2.41. The van der Waals surface area contributed by atoms with Gasteiger partial charge < -0.3 is 9.64 Å². The molecule has 1 amide bonds. The summed E-state index contributed by atoms with van der Waals surface area (Å²) in [4.78, 5) is 35.0. The molecule has 0 fully saturated rings. The van der Waals surface area contributed by atoms with Crippen LogP contribution in [0.15, 0.2) is 18.2 Å². The lowest BCUT2D eigenvalue weighted by molar-refractivity contribution is -0.384. The molecule has 0 bridgehead atoms. The Morgan fingerprint density at radius 3 is 2.85 bits per heavy atom. The van der Waals surface area contributed by atoms with E-state index in [-0.39, 0.29) is 31.2 Å². The SMILES string of the molecule is CCOC(=O)CN1C(=O)CCc2ccc([N+](=O)[O-])cc21. The Balaban J connectivity index is 2.34. The van der Waals surface area contributed by atoms with Crippen molar-refractivity contribution in [3.63, 3.8) is 0 Å². The first-order chi connectivity index (χ1) is 9.52. The van der Waals surface area contributed by atoms with Gasteiger partial charge in [0.2, 0.25) is 5.91 Å². The van der Waals surface area contributed by atoms with Crippen molar-refractivity contribution >= 4 is 23.3 Å². The van der Waals surface area contributed by atoms with Crippen molar-refractivity contribution in [1.82, 2.24) is 0 Å². The summed E-state index contributed by atoms with van der Waals surface area (Å²) in [5.74, 6) is -0.758. The highest BCUT2D eigenvalue weighted by molar-refractivity contribution is 6.00. The van der Waals surface area contributed by atoms with Crippen molar-refractivity contribution in [2.75, 3.05) is 18.1 Å². The summed E-state index contributed by atoms with van der Waals surface area (Å²) < 4.78 is 4.82. The molecule has 2 rings (SSSR count). The van der Waals surface area contributed by atoms with Gasteiger partial charge in [0, 0.05) is 18.6 Å². The summed E-state index contributed by atoms with van der Waals surface area (Å²) in [6.07, 6.45) is 0.801. The van der Waals surface area contributed by atoms with Crippen LogP contribution in [-0.4, -0.2) is 30.0 Å². The Bertz CT molecular complexity index is 570. The maximum absolute atomic E-state index is 11.9. The first kappa shape index (κ1) is 14.0. The number of hydrogen-bond acceptors (Lipinski definition) is 5. The molecule has 7 heteroatoms. The maximum atomic E-state index is 11.9. The molecule has 0 saturated carbocycles. The van der Waals surface area contributed by atoms with Crippen molar-refractivity contribution in [2.24, 2.45) is 0 Å². The van der Waals surface area contributed by atoms with Crippen molar-refractivity contribution < 1.29 is 19.2 Å². The maximum Gasteiger partial charge on any atom is 0.326 e. The number of nitrogens with zero attached hydrogens (tertiary/aromatic N) is 2. The number of non-ortho nitro benzene ring substituents is 1. The van der Waals surface area contributed by atoms with E-state index in [1.807, 2.05) is 0 Å². The van der Waals surface area contributed by atoms with E-state index in [4.69, 9.17) is 4.74 Å². The fourth-order valence-electron chi connectivity index (χ4n) is 2.15. The zero-order valence-electron chi connectivity index (χ0n) is 11.0. The second-order valence-corrected chi connectivity index (χ2v) is 4.36. The third-order valence-electron chi connectivity index (χ3n) is 3.07. The van der Waals surface area contributed by atoms with E-state index < -0.39 is 10.9 Å². The molecule has 1 aliphatic rings. The van der Waals surface area contributed by atoms with Crippen LogP contribution in [0.2, 0.25) is 0 Å². The highest BCUT2D eigenvalue weighted by Gasteiger charge is 2.28. The molecule has 0 atom stereocenters. The van der Waals surface area contributed by atoms with E-state index in [0.29, 0.717) is 12.1 Å². The highest BCUT2D eigenvalue weighted by Crippen LogP contribution is 2.31. The topological polar surface area (TPSA) is 89.8 Å². The molecule has 1 heterocycles. The Kier molecular flexibility index (Phi) is 3.97. The van der Waals surface area contributed by atoms with Gasteiger partial charge >= 0.3 is 5.97 Å². The van der Waals surface area contributed by atoms with Gasteiger partial charge in [0.1, 0.15) is 6.54 Å². The number of rotatable bonds is 4.